The summed E-state index contributed by atoms with van der Waals surface area (Å²) in [6.45, 7) is 5.46. The largest absolute Gasteiger partial charge is 0.339 e. The molecule has 1 fully saturated rings. The molecule has 0 aromatic carbocycles. The molecule has 0 bridgehead atoms. The van der Waals surface area contributed by atoms with Gasteiger partial charge in [0.25, 0.3) is 5.91 Å². The van der Waals surface area contributed by atoms with Crippen LogP contribution in [0.2, 0.25) is 0 Å². The Kier molecular flexibility index (Phi) is 4.05. The third-order valence-electron chi connectivity index (χ3n) is 3.91. The molecule has 1 amide bonds. The quantitative estimate of drug-likeness (QED) is 0.874. The third-order valence-corrected chi connectivity index (χ3v) is 4.92. The second-order valence-electron chi connectivity index (χ2n) is 5.43. The van der Waals surface area contributed by atoms with Crippen LogP contribution in [0.1, 0.15) is 52.6 Å². The van der Waals surface area contributed by atoms with Gasteiger partial charge in [0.2, 0.25) is 5.89 Å². The van der Waals surface area contributed by atoms with Crippen molar-refractivity contribution in [1.29, 1.82) is 0 Å². The van der Waals surface area contributed by atoms with Gasteiger partial charge in [0, 0.05) is 19.5 Å². The Balaban J connectivity index is 1.74. The van der Waals surface area contributed by atoms with Crippen molar-refractivity contribution in [2.45, 2.75) is 39.0 Å². The van der Waals surface area contributed by atoms with Crippen LogP contribution in [0.25, 0.3) is 0 Å². The number of aryl methyl sites for hydroxylation is 2. The van der Waals surface area contributed by atoms with Crippen LogP contribution in [0, 0.1) is 6.92 Å². The molecule has 0 radical (unpaired) electrons. The van der Waals surface area contributed by atoms with Crippen molar-refractivity contribution in [2.24, 2.45) is 0 Å². The minimum atomic E-state index is 0.127. The zero-order valence-electron chi connectivity index (χ0n) is 12.3. The number of amides is 1. The standard InChI is InChI=1S/C15H19N3O2S/c1-3-12-16-14(20-17-12)11-5-4-7-18(9-11)15(19)13-10(2)6-8-21-13/h6,8,11H,3-5,7,9H2,1-2H3/t11-/m1/s1. The molecule has 5 nitrogen and oxygen atoms in total. The van der Waals surface area contributed by atoms with Gasteiger partial charge in [0.15, 0.2) is 5.82 Å². The molecule has 1 aliphatic rings. The summed E-state index contributed by atoms with van der Waals surface area (Å²) in [5.74, 6) is 1.70. The summed E-state index contributed by atoms with van der Waals surface area (Å²) < 4.78 is 5.34. The molecule has 0 unspecified atom stereocenters. The van der Waals surface area contributed by atoms with Gasteiger partial charge < -0.3 is 9.42 Å². The summed E-state index contributed by atoms with van der Waals surface area (Å²) in [6, 6.07) is 1.99. The van der Waals surface area contributed by atoms with Crippen molar-refractivity contribution in [3.8, 4) is 0 Å². The van der Waals surface area contributed by atoms with Crippen molar-refractivity contribution < 1.29 is 9.32 Å². The predicted molar refractivity (Wildman–Crippen MR) is 80.6 cm³/mol. The lowest BCUT2D eigenvalue weighted by Crippen LogP contribution is -2.39. The highest BCUT2D eigenvalue weighted by Gasteiger charge is 2.29. The smallest absolute Gasteiger partial charge is 0.264 e. The maximum absolute atomic E-state index is 12.6. The number of carbonyl (C=O) groups is 1. The molecule has 0 saturated carbocycles. The Morgan fingerprint density at radius 1 is 1.57 bits per heavy atom. The molecule has 1 saturated heterocycles. The summed E-state index contributed by atoms with van der Waals surface area (Å²) in [5, 5.41) is 5.92. The van der Waals surface area contributed by atoms with Gasteiger partial charge in [-0.1, -0.05) is 12.1 Å². The van der Waals surface area contributed by atoms with Crippen LogP contribution >= 0.6 is 11.3 Å². The van der Waals surface area contributed by atoms with E-state index in [1.165, 1.54) is 11.3 Å². The fraction of sp³-hybridized carbons (Fsp3) is 0.533. The molecule has 3 heterocycles. The molecular formula is C15H19N3O2S. The summed E-state index contributed by atoms with van der Waals surface area (Å²) in [6.07, 6.45) is 2.75. The summed E-state index contributed by atoms with van der Waals surface area (Å²) >= 11 is 1.51. The summed E-state index contributed by atoms with van der Waals surface area (Å²) in [4.78, 5) is 19.8. The van der Waals surface area contributed by atoms with E-state index in [-0.39, 0.29) is 11.8 Å². The molecule has 2 aromatic rings. The van der Waals surface area contributed by atoms with Gasteiger partial charge in [-0.15, -0.1) is 11.3 Å². The van der Waals surface area contributed by atoms with E-state index in [0.717, 1.165) is 42.1 Å². The van der Waals surface area contributed by atoms with Gasteiger partial charge in [0.1, 0.15) is 0 Å². The second-order valence-corrected chi connectivity index (χ2v) is 6.34. The molecule has 0 aliphatic carbocycles. The van der Waals surface area contributed by atoms with Crippen LogP contribution < -0.4 is 0 Å². The maximum atomic E-state index is 12.6. The van der Waals surface area contributed by atoms with Crippen LogP contribution in [0.4, 0.5) is 0 Å². The maximum Gasteiger partial charge on any atom is 0.264 e. The number of hydrogen-bond donors (Lipinski definition) is 0. The van der Waals surface area contributed by atoms with E-state index in [0.29, 0.717) is 12.4 Å². The van der Waals surface area contributed by atoms with Crippen molar-refractivity contribution in [2.75, 3.05) is 13.1 Å². The van der Waals surface area contributed by atoms with Crippen molar-refractivity contribution in [1.82, 2.24) is 15.0 Å². The SMILES string of the molecule is CCc1noc([C@@H]2CCCN(C(=O)c3sccc3C)C2)n1. The van der Waals surface area contributed by atoms with Gasteiger partial charge in [-0.05, 0) is 36.8 Å². The van der Waals surface area contributed by atoms with E-state index in [1.54, 1.807) is 0 Å². The van der Waals surface area contributed by atoms with E-state index >= 15 is 0 Å². The summed E-state index contributed by atoms with van der Waals surface area (Å²) in [7, 11) is 0. The van der Waals surface area contributed by atoms with Crippen LogP contribution in [0.15, 0.2) is 16.0 Å². The minimum Gasteiger partial charge on any atom is -0.339 e. The molecular weight excluding hydrogens is 286 g/mol. The van der Waals surface area contributed by atoms with E-state index in [4.69, 9.17) is 4.52 Å². The first-order valence-electron chi connectivity index (χ1n) is 7.35. The van der Waals surface area contributed by atoms with Crippen molar-refractivity contribution >= 4 is 17.2 Å². The molecule has 112 valence electrons. The first-order chi connectivity index (χ1) is 10.2. The summed E-state index contributed by atoms with van der Waals surface area (Å²) in [5.41, 5.74) is 1.05. The predicted octanol–water partition coefficient (Wildman–Crippen LogP) is 3.02. The Morgan fingerprint density at radius 3 is 3.10 bits per heavy atom. The first-order valence-corrected chi connectivity index (χ1v) is 8.23. The lowest BCUT2D eigenvalue weighted by molar-refractivity contribution is 0.0700. The van der Waals surface area contributed by atoms with E-state index in [9.17, 15) is 4.79 Å². The fourth-order valence-electron chi connectivity index (χ4n) is 2.68. The number of piperidine rings is 1. The van der Waals surface area contributed by atoms with Gasteiger partial charge in [-0.2, -0.15) is 4.98 Å². The lowest BCUT2D eigenvalue weighted by atomic mass is 9.97. The second kappa shape index (κ2) is 5.97. The van der Waals surface area contributed by atoms with E-state index < -0.39 is 0 Å². The molecule has 1 aliphatic heterocycles. The first kappa shape index (κ1) is 14.3. The Morgan fingerprint density at radius 2 is 2.43 bits per heavy atom. The topological polar surface area (TPSA) is 59.2 Å². The Labute approximate surface area is 128 Å². The van der Waals surface area contributed by atoms with Crippen molar-refractivity contribution in [3.05, 3.63) is 33.6 Å². The zero-order valence-corrected chi connectivity index (χ0v) is 13.2. The number of hydrogen-bond acceptors (Lipinski definition) is 5. The van der Waals surface area contributed by atoms with Crippen LogP contribution in [0.5, 0.6) is 0 Å². The lowest BCUT2D eigenvalue weighted by Gasteiger charge is -2.30. The highest BCUT2D eigenvalue weighted by molar-refractivity contribution is 7.12. The normalized spacial score (nSPS) is 19.0. The molecule has 0 spiro atoms. The number of aromatic nitrogens is 2. The molecule has 6 heteroatoms. The van der Waals surface area contributed by atoms with Crippen molar-refractivity contribution in [3.63, 3.8) is 0 Å². The minimum absolute atomic E-state index is 0.127. The molecule has 3 rings (SSSR count). The fourth-order valence-corrected chi connectivity index (χ4v) is 3.57. The highest BCUT2D eigenvalue weighted by Crippen LogP contribution is 2.28. The van der Waals surface area contributed by atoms with Crippen LogP contribution in [0.3, 0.4) is 0 Å². The van der Waals surface area contributed by atoms with Gasteiger partial charge >= 0.3 is 0 Å². The van der Waals surface area contributed by atoms with Gasteiger partial charge in [0.05, 0.1) is 10.8 Å². The average Bonchev–Trinajstić information content (AvgIpc) is 3.15. The number of nitrogens with zero attached hydrogens (tertiary/aromatic N) is 3. The van der Waals surface area contributed by atoms with Gasteiger partial charge in [-0.3, -0.25) is 4.79 Å². The average molecular weight is 305 g/mol. The Bertz CT molecular complexity index is 634. The van der Waals surface area contributed by atoms with Gasteiger partial charge in [-0.25, -0.2) is 0 Å². The molecule has 2 aromatic heterocycles. The monoisotopic (exact) mass is 305 g/mol. The highest BCUT2D eigenvalue weighted by atomic mass is 32.1. The van der Waals surface area contributed by atoms with Crippen LogP contribution in [-0.2, 0) is 6.42 Å². The third kappa shape index (κ3) is 2.85. The number of carbonyl (C=O) groups excluding carboxylic acids is 1. The van der Waals surface area contributed by atoms with E-state index in [2.05, 4.69) is 10.1 Å². The molecule has 21 heavy (non-hydrogen) atoms. The zero-order chi connectivity index (χ0) is 14.8. The number of rotatable bonds is 3. The number of thiophene rings is 1. The van der Waals surface area contributed by atoms with Crippen LogP contribution in [-0.4, -0.2) is 34.0 Å². The van der Waals surface area contributed by atoms with E-state index in [1.807, 2.05) is 30.2 Å². The molecule has 0 N–H and O–H groups in total. The molecule has 1 atom stereocenters. The Hall–Kier alpha value is -1.69. The number of likely N-dealkylation sites (tertiary alicyclic amines) is 1.